The molecule has 0 amide bonds. The molecule has 7 heteroatoms. The number of rotatable bonds is 3. The summed E-state index contributed by atoms with van der Waals surface area (Å²) in [6.07, 6.45) is -1.72. The van der Waals surface area contributed by atoms with Gasteiger partial charge in [-0.3, -0.25) is 9.78 Å². The molecule has 0 saturated heterocycles. The summed E-state index contributed by atoms with van der Waals surface area (Å²) in [6.45, 7) is 0. The summed E-state index contributed by atoms with van der Waals surface area (Å²) in [5.74, 6) is -0.595. The van der Waals surface area contributed by atoms with Crippen LogP contribution < -0.4 is 0 Å². The maximum Gasteiger partial charge on any atom is 0.310 e. The number of pyridine rings is 1. The molecule has 88 valence electrons. The molecule has 0 radical (unpaired) electrons. The minimum atomic E-state index is -2.73. The van der Waals surface area contributed by atoms with E-state index in [4.69, 9.17) is 0 Å². The van der Waals surface area contributed by atoms with Gasteiger partial charge in [0.05, 0.1) is 18.0 Å². The van der Waals surface area contributed by atoms with Crippen LogP contribution in [0.3, 0.4) is 0 Å². The molecule has 0 fully saturated rings. The van der Waals surface area contributed by atoms with Crippen LogP contribution in [0.5, 0.6) is 0 Å². The lowest BCUT2D eigenvalue weighted by atomic mass is 10.1. The Hall–Kier alpha value is -0.560. The lowest BCUT2D eigenvalue weighted by Gasteiger charge is -2.10. The molecule has 1 rings (SSSR count). The van der Waals surface area contributed by atoms with Crippen LogP contribution in [0.4, 0.5) is 8.78 Å². The molecule has 1 aromatic heterocycles. The van der Waals surface area contributed by atoms with Crippen LogP contribution in [0.1, 0.15) is 17.7 Å². The number of carbonyl (C=O) groups excluding carboxylic acids is 1. The van der Waals surface area contributed by atoms with Crippen molar-refractivity contribution >= 4 is 37.8 Å². The number of alkyl halides is 2. The van der Waals surface area contributed by atoms with E-state index in [-0.39, 0.29) is 12.0 Å². The van der Waals surface area contributed by atoms with Gasteiger partial charge in [-0.05, 0) is 31.9 Å². The van der Waals surface area contributed by atoms with Crippen molar-refractivity contribution in [1.82, 2.24) is 4.98 Å². The number of hydrogen-bond donors (Lipinski definition) is 0. The van der Waals surface area contributed by atoms with Gasteiger partial charge >= 0.3 is 5.97 Å². The summed E-state index contributed by atoms with van der Waals surface area (Å²) >= 11 is 6.26. The van der Waals surface area contributed by atoms with Crippen LogP contribution in [0, 0.1) is 0 Å². The van der Waals surface area contributed by atoms with E-state index in [1.54, 1.807) is 0 Å². The molecule has 0 unspecified atom stereocenters. The number of ether oxygens (including phenoxy) is 1. The Kier molecular flexibility index (Phi) is 4.79. The van der Waals surface area contributed by atoms with Crippen LogP contribution in [0.25, 0.3) is 0 Å². The number of nitrogens with zero attached hydrogens (tertiary/aromatic N) is 1. The Labute approximate surface area is 107 Å². The molecule has 0 aliphatic heterocycles. The summed E-state index contributed by atoms with van der Waals surface area (Å²) in [6, 6.07) is 0. The van der Waals surface area contributed by atoms with E-state index in [1.165, 1.54) is 13.3 Å². The summed E-state index contributed by atoms with van der Waals surface area (Å²) in [5.41, 5.74) is -0.281. The minimum Gasteiger partial charge on any atom is -0.469 e. The Balaban J connectivity index is 3.20. The van der Waals surface area contributed by atoms with Gasteiger partial charge in [-0.15, -0.1) is 0 Å². The standard InChI is InChI=1S/C9H7Br2F2NO2/c1-16-6(15)2-4-7(11)5(10)3-14-8(4)9(12)13/h3,9H,2H2,1H3. The molecular formula is C9H7Br2F2NO2. The highest BCUT2D eigenvalue weighted by Gasteiger charge is 2.21. The molecule has 3 nitrogen and oxygen atoms in total. The number of aromatic nitrogens is 1. The summed E-state index contributed by atoms with van der Waals surface area (Å²) < 4.78 is 30.6. The molecule has 0 aliphatic carbocycles. The molecule has 16 heavy (non-hydrogen) atoms. The molecule has 0 bridgehead atoms. The van der Waals surface area contributed by atoms with E-state index in [1.807, 2.05) is 0 Å². The number of hydrogen-bond acceptors (Lipinski definition) is 3. The summed E-state index contributed by atoms with van der Waals surface area (Å²) in [5, 5.41) is 0. The van der Waals surface area contributed by atoms with Crippen molar-refractivity contribution < 1.29 is 18.3 Å². The first-order valence-electron chi connectivity index (χ1n) is 4.15. The third-order valence-electron chi connectivity index (χ3n) is 1.86. The first-order valence-corrected chi connectivity index (χ1v) is 5.73. The topological polar surface area (TPSA) is 39.2 Å². The molecule has 0 saturated carbocycles. The van der Waals surface area contributed by atoms with Gasteiger partial charge in [-0.25, -0.2) is 8.78 Å². The maximum atomic E-state index is 12.6. The van der Waals surface area contributed by atoms with Crippen LogP contribution >= 0.6 is 31.9 Å². The molecule has 0 atom stereocenters. The fourth-order valence-electron chi connectivity index (χ4n) is 1.09. The fourth-order valence-corrected chi connectivity index (χ4v) is 1.88. The zero-order valence-electron chi connectivity index (χ0n) is 8.14. The monoisotopic (exact) mass is 357 g/mol. The van der Waals surface area contributed by atoms with Gasteiger partial charge in [0.25, 0.3) is 6.43 Å². The molecular weight excluding hydrogens is 352 g/mol. The lowest BCUT2D eigenvalue weighted by Crippen LogP contribution is -2.09. The molecule has 1 heterocycles. The van der Waals surface area contributed by atoms with Gasteiger partial charge in [0, 0.05) is 16.2 Å². The molecule has 0 spiro atoms. The van der Waals surface area contributed by atoms with Gasteiger partial charge in [-0.2, -0.15) is 0 Å². The summed E-state index contributed by atoms with van der Waals surface area (Å²) in [4.78, 5) is 14.7. The Bertz CT molecular complexity index is 413. The van der Waals surface area contributed by atoms with Crippen LogP contribution in [0.15, 0.2) is 15.1 Å². The highest BCUT2D eigenvalue weighted by molar-refractivity contribution is 9.13. The van der Waals surface area contributed by atoms with Crippen LogP contribution in [-0.4, -0.2) is 18.1 Å². The quantitative estimate of drug-likeness (QED) is 0.778. The second-order valence-corrected chi connectivity index (χ2v) is 4.48. The van der Waals surface area contributed by atoms with Crippen molar-refractivity contribution in [2.24, 2.45) is 0 Å². The van der Waals surface area contributed by atoms with E-state index in [0.717, 1.165) is 0 Å². The fraction of sp³-hybridized carbons (Fsp3) is 0.333. The van der Waals surface area contributed by atoms with Crippen molar-refractivity contribution in [3.05, 3.63) is 26.4 Å². The minimum absolute atomic E-state index is 0.135. The van der Waals surface area contributed by atoms with E-state index >= 15 is 0 Å². The largest absolute Gasteiger partial charge is 0.469 e. The highest BCUT2D eigenvalue weighted by Crippen LogP contribution is 2.32. The molecule has 0 N–H and O–H groups in total. The van der Waals surface area contributed by atoms with Crippen molar-refractivity contribution in [1.29, 1.82) is 0 Å². The van der Waals surface area contributed by atoms with Crippen molar-refractivity contribution in [2.75, 3.05) is 7.11 Å². The number of halogens is 4. The van der Waals surface area contributed by atoms with Crippen molar-refractivity contribution in [2.45, 2.75) is 12.8 Å². The van der Waals surface area contributed by atoms with Gasteiger partial charge in [0.1, 0.15) is 5.69 Å². The number of methoxy groups -OCH3 is 1. The van der Waals surface area contributed by atoms with E-state index in [9.17, 15) is 13.6 Å². The first-order chi connectivity index (χ1) is 7.47. The van der Waals surface area contributed by atoms with Crippen LogP contribution in [0.2, 0.25) is 0 Å². The van der Waals surface area contributed by atoms with Crippen LogP contribution in [-0.2, 0) is 16.0 Å². The summed E-state index contributed by atoms with van der Waals surface area (Å²) in [7, 11) is 1.20. The molecule has 0 aromatic carbocycles. The highest BCUT2D eigenvalue weighted by atomic mass is 79.9. The SMILES string of the molecule is COC(=O)Cc1c(C(F)F)ncc(Br)c1Br. The number of esters is 1. The Morgan fingerprint density at radius 3 is 2.69 bits per heavy atom. The lowest BCUT2D eigenvalue weighted by molar-refractivity contribution is -0.139. The molecule has 1 aromatic rings. The predicted octanol–water partition coefficient (Wildman–Crippen LogP) is 3.26. The predicted molar refractivity (Wildman–Crippen MR) is 60.3 cm³/mol. The van der Waals surface area contributed by atoms with E-state index in [0.29, 0.717) is 8.95 Å². The third-order valence-corrected chi connectivity index (χ3v) is 3.90. The zero-order chi connectivity index (χ0) is 12.3. The van der Waals surface area contributed by atoms with Crippen molar-refractivity contribution in [3.63, 3.8) is 0 Å². The number of carbonyl (C=O) groups is 1. The van der Waals surface area contributed by atoms with E-state index < -0.39 is 18.1 Å². The second kappa shape index (κ2) is 5.67. The Morgan fingerprint density at radius 1 is 1.56 bits per heavy atom. The molecule has 0 aliphatic rings. The second-order valence-electron chi connectivity index (χ2n) is 2.84. The average Bonchev–Trinajstić information content (AvgIpc) is 2.24. The van der Waals surface area contributed by atoms with Gasteiger partial charge in [-0.1, -0.05) is 0 Å². The van der Waals surface area contributed by atoms with Gasteiger partial charge in [0.2, 0.25) is 0 Å². The van der Waals surface area contributed by atoms with Gasteiger partial charge in [0.15, 0.2) is 0 Å². The normalized spacial score (nSPS) is 10.6. The Morgan fingerprint density at radius 2 is 2.19 bits per heavy atom. The van der Waals surface area contributed by atoms with Crippen molar-refractivity contribution in [3.8, 4) is 0 Å². The average molecular weight is 359 g/mol. The van der Waals surface area contributed by atoms with Gasteiger partial charge < -0.3 is 4.74 Å². The first kappa shape index (κ1) is 13.5. The van der Waals surface area contributed by atoms with E-state index in [2.05, 4.69) is 41.6 Å². The smallest absolute Gasteiger partial charge is 0.310 e. The zero-order valence-corrected chi connectivity index (χ0v) is 11.3. The maximum absolute atomic E-state index is 12.6. The third kappa shape index (κ3) is 2.98.